The number of aromatic nitrogens is 2. The van der Waals surface area contributed by atoms with Gasteiger partial charge in [0.1, 0.15) is 11.6 Å². The summed E-state index contributed by atoms with van der Waals surface area (Å²) in [5.41, 5.74) is 1.32. The number of amides is 2. The largest absolute Gasteiger partial charge is 0.390 e. The first kappa shape index (κ1) is 21.4. The number of hydrogen-bond donors (Lipinski definition) is 4. The molecule has 2 aromatic carbocycles. The zero-order valence-corrected chi connectivity index (χ0v) is 19.2. The fraction of sp³-hybridized carbons (Fsp3) is 0.417. The summed E-state index contributed by atoms with van der Waals surface area (Å²) in [5.74, 6) is 0.253. The predicted octanol–water partition coefficient (Wildman–Crippen LogP) is 4.89. The van der Waals surface area contributed by atoms with Crippen LogP contribution in [0.3, 0.4) is 0 Å². The van der Waals surface area contributed by atoms with Gasteiger partial charge in [0.15, 0.2) is 0 Å². The highest BCUT2D eigenvalue weighted by Gasteiger charge is 2.48. The lowest BCUT2D eigenvalue weighted by molar-refractivity contribution is -0.0694. The van der Waals surface area contributed by atoms with Crippen molar-refractivity contribution in [1.29, 1.82) is 0 Å². The van der Waals surface area contributed by atoms with Crippen LogP contribution in [0.2, 0.25) is 0 Å². The number of nitrogens with zero attached hydrogens (tertiary/aromatic N) is 1. The number of H-pyrrole nitrogens is 1. The molecule has 6 nitrogen and oxygen atoms in total. The van der Waals surface area contributed by atoms with E-state index in [9.17, 15) is 14.3 Å². The highest BCUT2D eigenvalue weighted by Crippen LogP contribution is 2.46. The van der Waals surface area contributed by atoms with Gasteiger partial charge in [0.05, 0.1) is 22.7 Å². The van der Waals surface area contributed by atoms with E-state index in [4.69, 9.17) is 0 Å². The van der Waals surface area contributed by atoms with Gasteiger partial charge in [0, 0.05) is 16.4 Å². The van der Waals surface area contributed by atoms with Gasteiger partial charge < -0.3 is 20.7 Å². The molecule has 0 spiro atoms. The molecule has 1 aromatic heterocycles. The summed E-state index contributed by atoms with van der Waals surface area (Å²) >= 11 is 3.29. The number of nitrogens with one attached hydrogen (secondary N) is 3. The van der Waals surface area contributed by atoms with Crippen LogP contribution < -0.4 is 10.6 Å². The highest BCUT2D eigenvalue weighted by atomic mass is 79.9. The summed E-state index contributed by atoms with van der Waals surface area (Å²) in [5, 5.41) is 16.7. The van der Waals surface area contributed by atoms with Gasteiger partial charge in [-0.25, -0.2) is 14.2 Å². The monoisotopic (exact) mass is 500 g/mol. The van der Waals surface area contributed by atoms with E-state index in [1.165, 1.54) is 6.07 Å². The summed E-state index contributed by atoms with van der Waals surface area (Å²) in [6.07, 6.45) is 4.72. The summed E-state index contributed by atoms with van der Waals surface area (Å²) < 4.78 is 15.3. The maximum absolute atomic E-state index is 14.6. The van der Waals surface area contributed by atoms with Crippen molar-refractivity contribution >= 4 is 33.0 Å². The predicted molar refractivity (Wildman–Crippen MR) is 124 cm³/mol. The lowest BCUT2D eigenvalue weighted by Gasteiger charge is -2.51. The molecule has 3 fully saturated rings. The van der Waals surface area contributed by atoms with E-state index in [0.29, 0.717) is 35.1 Å². The number of halogens is 2. The SMILES string of the molecule is O=C(N[C@H](Cc1ccc(Br)cc1F)c1nc2ccccc2[nH]1)NC12CCC(O)(CC1)CC2. The van der Waals surface area contributed by atoms with Crippen LogP contribution in [-0.2, 0) is 6.42 Å². The summed E-state index contributed by atoms with van der Waals surface area (Å²) in [6.45, 7) is 0. The second-order valence-corrected chi connectivity index (χ2v) is 10.2. The Morgan fingerprint density at radius 1 is 1.16 bits per heavy atom. The zero-order valence-electron chi connectivity index (χ0n) is 17.6. The van der Waals surface area contributed by atoms with Gasteiger partial charge in [-0.1, -0.05) is 34.1 Å². The Kier molecular flexibility index (Phi) is 5.45. The van der Waals surface area contributed by atoms with E-state index in [2.05, 4.69) is 36.5 Å². The van der Waals surface area contributed by atoms with Crippen LogP contribution in [0.4, 0.5) is 9.18 Å². The molecule has 4 N–H and O–H groups in total. The molecule has 1 atom stereocenters. The van der Waals surface area contributed by atoms with Crippen molar-refractivity contribution in [2.45, 2.75) is 62.1 Å². The van der Waals surface area contributed by atoms with Crippen LogP contribution in [0.5, 0.6) is 0 Å². The number of aliphatic hydroxyl groups is 1. The van der Waals surface area contributed by atoms with Gasteiger partial charge in [0.2, 0.25) is 0 Å². The van der Waals surface area contributed by atoms with Crippen molar-refractivity contribution in [3.8, 4) is 0 Å². The lowest BCUT2D eigenvalue weighted by Crippen LogP contribution is -2.60. The number of carbonyl (C=O) groups is 1. The van der Waals surface area contributed by atoms with Gasteiger partial charge in [-0.3, -0.25) is 0 Å². The number of urea groups is 1. The Morgan fingerprint density at radius 3 is 2.56 bits per heavy atom. The summed E-state index contributed by atoms with van der Waals surface area (Å²) in [4.78, 5) is 21.0. The first-order valence-corrected chi connectivity index (χ1v) is 11.8. The maximum atomic E-state index is 14.6. The lowest BCUT2D eigenvalue weighted by atomic mass is 9.63. The fourth-order valence-corrected chi connectivity index (χ4v) is 5.38. The molecule has 0 aliphatic heterocycles. The Labute approximate surface area is 194 Å². The number of para-hydroxylation sites is 2. The van der Waals surface area contributed by atoms with E-state index >= 15 is 0 Å². The number of rotatable bonds is 5. The van der Waals surface area contributed by atoms with E-state index < -0.39 is 11.6 Å². The number of imidazole rings is 1. The highest BCUT2D eigenvalue weighted by molar-refractivity contribution is 9.10. The van der Waals surface area contributed by atoms with E-state index in [1.54, 1.807) is 12.1 Å². The molecule has 0 radical (unpaired) electrons. The molecule has 3 aliphatic carbocycles. The van der Waals surface area contributed by atoms with Crippen molar-refractivity contribution in [3.63, 3.8) is 0 Å². The molecule has 8 heteroatoms. The first-order chi connectivity index (χ1) is 15.3. The number of fused-ring (bicyclic) bond motifs is 4. The third-order valence-electron chi connectivity index (χ3n) is 7.07. The standard InChI is InChI=1S/C24H26BrFN4O2/c25-16-6-5-15(17(26)14-16)13-20(21-27-18-3-1-2-4-19(18)28-21)29-22(31)30-23-7-10-24(32,11-8-23)12-9-23/h1-6,14,20,32H,7-13H2,(H,27,28)(H2,29,30,31)/t20-,23?,24?/m1/s1. The quantitative estimate of drug-likeness (QED) is 0.402. The van der Waals surface area contributed by atoms with Gasteiger partial charge in [-0.2, -0.15) is 0 Å². The van der Waals surface area contributed by atoms with Crippen LogP contribution in [0, 0.1) is 5.82 Å². The van der Waals surface area contributed by atoms with Gasteiger partial charge >= 0.3 is 6.03 Å². The molecule has 3 saturated carbocycles. The minimum atomic E-state index is -0.560. The molecule has 3 aromatic rings. The smallest absolute Gasteiger partial charge is 0.315 e. The van der Waals surface area contributed by atoms with Crippen LogP contribution in [0.1, 0.15) is 56.0 Å². The third kappa shape index (κ3) is 4.26. The molecule has 3 aliphatic rings. The second kappa shape index (κ2) is 8.15. The van der Waals surface area contributed by atoms with E-state index in [1.807, 2.05) is 24.3 Å². The van der Waals surface area contributed by atoms with Crippen LogP contribution >= 0.6 is 15.9 Å². The molecule has 2 amide bonds. The Hall–Kier alpha value is -2.45. The van der Waals surface area contributed by atoms with Crippen LogP contribution in [0.15, 0.2) is 46.9 Å². The molecule has 6 rings (SSSR count). The van der Waals surface area contributed by atoms with Crippen LogP contribution in [0.25, 0.3) is 11.0 Å². The van der Waals surface area contributed by atoms with Crippen molar-refractivity contribution in [2.24, 2.45) is 0 Å². The van der Waals surface area contributed by atoms with Crippen molar-refractivity contribution in [2.75, 3.05) is 0 Å². The number of hydrogen-bond acceptors (Lipinski definition) is 3. The van der Waals surface area contributed by atoms with E-state index in [0.717, 1.165) is 30.3 Å². The van der Waals surface area contributed by atoms with Crippen molar-refractivity contribution < 1.29 is 14.3 Å². The molecule has 2 bridgehead atoms. The van der Waals surface area contributed by atoms with Crippen LogP contribution in [-0.4, -0.2) is 32.2 Å². The molecule has 1 heterocycles. The summed E-state index contributed by atoms with van der Waals surface area (Å²) in [7, 11) is 0. The van der Waals surface area contributed by atoms with Gasteiger partial charge in [-0.05, 0) is 68.4 Å². The first-order valence-electron chi connectivity index (χ1n) is 11.0. The minimum absolute atomic E-state index is 0.263. The summed E-state index contributed by atoms with van der Waals surface area (Å²) in [6, 6.07) is 11.8. The topological polar surface area (TPSA) is 90.0 Å². The van der Waals surface area contributed by atoms with Gasteiger partial charge in [0.25, 0.3) is 0 Å². The second-order valence-electron chi connectivity index (χ2n) is 9.23. The van der Waals surface area contributed by atoms with E-state index in [-0.39, 0.29) is 23.8 Å². The third-order valence-corrected chi connectivity index (χ3v) is 7.56. The zero-order chi connectivity index (χ0) is 22.3. The molecule has 168 valence electrons. The number of aromatic amines is 1. The number of benzene rings is 2. The van der Waals surface area contributed by atoms with Gasteiger partial charge in [-0.15, -0.1) is 0 Å². The normalized spacial score (nSPS) is 25.6. The Bertz CT molecular complexity index is 1110. The minimum Gasteiger partial charge on any atom is -0.390 e. The average molecular weight is 501 g/mol. The van der Waals surface area contributed by atoms with Crippen molar-refractivity contribution in [3.05, 3.63) is 64.1 Å². The molecule has 0 saturated heterocycles. The average Bonchev–Trinajstić information content (AvgIpc) is 3.20. The fourth-order valence-electron chi connectivity index (χ4n) is 5.05. The molecule has 32 heavy (non-hydrogen) atoms. The Morgan fingerprint density at radius 2 is 1.88 bits per heavy atom. The van der Waals surface area contributed by atoms with Crippen molar-refractivity contribution in [1.82, 2.24) is 20.6 Å². The Balaban J connectivity index is 1.38. The number of carbonyl (C=O) groups excluding carboxylic acids is 1. The molecular formula is C24H26BrFN4O2. The molecular weight excluding hydrogens is 475 g/mol. The maximum Gasteiger partial charge on any atom is 0.315 e. The molecule has 0 unspecified atom stereocenters.